The summed E-state index contributed by atoms with van der Waals surface area (Å²) in [4.78, 5) is 13.2. The van der Waals surface area contributed by atoms with Gasteiger partial charge >= 0.3 is 5.97 Å². The van der Waals surface area contributed by atoms with Crippen LogP contribution in [0.3, 0.4) is 0 Å². The van der Waals surface area contributed by atoms with Gasteiger partial charge in [0.2, 0.25) is 0 Å². The molecule has 1 N–H and O–H groups in total. The minimum absolute atomic E-state index is 0.589. The highest BCUT2D eigenvalue weighted by Crippen LogP contribution is 2.34. The van der Waals surface area contributed by atoms with Gasteiger partial charge in [-0.1, -0.05) is 12.8 Å². The van der Waals surface area contributed by atoms with Gasteiger partial charge in [-0.15, -0.1) is 0 Å². The smallest absolute Gasteiger partial charge is 0.324 e. The molecule has 0 aromatic heterocycles. The zero-order valence-electron chi connectivity index (χ0n) is 8.95. The summed E-state index contributed by atoms with van der Waals surface area (Å²) >= 11 is 0. The molecule has 0 atom stereocenters. The normalized spacial score (nSPS) is 20.2. The molecule has 0 heterocycles. The van der Waals surface area contributed by atoms with E-state index in [4.69, 9.17) is 4.74 Å². The molecule has 0 aromatic rings. The highest BCUT2D eigenvalue weighted by Gasteiger charge is 2.44. The number of ether oxygens (including phenoxy) is 1. The molecule has 0 unspecified atom stereocenters. The quantitative estimate of drug-likeness (QED) is 0.720. The summed E-state index contributed by atoms with van der Waals surface area (Å²) in [6.07, 6.45) is 3.57. The number of carboxylic acid groups (broad SMARTS) is 1. The number of methoxy groups -OCH3 is 1. The van der Waals surface area contributed by atoms with Crippen LogP contribution < -0.4 is 0 Å². The van der Waals surface area contributed by atoms with Gasteiger partial charge in [0.05, 0.1) is 6.61 Å². The highest BCUT2D eigenvalue weighted by atomic mass is 16.5. The van der Waals surface area contributed by atoms with Crippen LogP contribution in [0.2, 0.25) is 0 Å². The maximum Gasteiger partial charge on any atom is 0.324 e. The van der Waals surface area contributed by atoms with Crippen molar-refractivity contribution < 1.29 is 14.6 Å². The summed E-state index contributed by atoms with van der Waals surface area (Å²) in [5, 5.41) is 9.25. The van der Waals surface area contributed by atoms with Crippen molar-refractivity contribution in [2.75, 3.05) is 27.3 Å². The van der Waals surface area contributed by atoms with E-state index in [1.807, 2.05) is 11.9 Å². The summed E-state index contributed by atoms with van der Waals surface area (Å²) < 4.78 is 4.96. The number of hydrogen-bond acceptors (Lipinski definition) is 3. The Labute approximate surface area is 84.8 Å². The third-order valence-electron chi connectivity index (χ3n) is 3.19. The number of hydrogen-bond donors (Lipinski definition) is 1. The Bertz CT molecular complexity index is 200. The Kier molecular flexibility index (Phi) is 3.89. The van der Waals surface area contributed by atoms with Crippen molar-refractivity contribution >= 4 is 5.97 Å². The predicted molar refractivity (Wildman–Crippen MR) is 53.3 cm³/mol. The Balaban J connectivity index is 2.62. The first kappa shape index (κ1) is 11.5. The van der Waals surface area contributed by atoms with Gasteiger partial charge in [0, 0.05) is 13.7 Å². The molecule has 1 fully saturated rings. The van der Waals surface area contributed by atoms with Crippen LogP contribution in [0.15, 0.2) is 0 Å². The fourth-order valence-electron chi connectivity index (χ4n) is 2.16. The van der Waals surface area contributed by atoms with Crippen LogP contribution in [-0.4, -0.2) is 48.8 Å². The first-order valence-electron chi connectivity index (χ1n) is 5.07. The molecule has 14 heavy (non-hydrogen) atoms. The van der Waals surface area contributed by atoms with E-state index >= 15 is 0 Å². The molecule has 0 saturated heterocycles. The van der Waals surface area contributed by atoms with Crippen LogP contribution in [0.5, 0.6) is 0 Å². The molecule has 0 spiro atoms. The van der Waals surface area contributed by atoms with Crippen LogP contribution in [0, 0.1) is 0 Å². The van der Waals surface area contributed by atoms with Gasteiger partial charge in [0.15, 0.2) is 0 Å². The third kappa shape index (κ3) is 2.07. The van der Waals surface area contributed by atoms with Crippen molar-refractivity contribution in [3.63, 3.8) is 0 Å². The number of nitrogens with zero attached hydrogens (tertiary/aromatic N) is 1. The lowest BCUT2D eigenvalue weighted by molar-refractivity contribution is -0.150. The van der Waals surface area contributed by atoms with E-state index in [9.17, 15) is 9.90 Å². The van der Waals surface area contributed by atoms with Crippen LogP contribution in [0.25, 0.3) is 0 Å². The predicted octanol–water partition coefficient (Wildman–Crippen LogP) is 0.962. The molecular formula is C10H19NO3. The minimum Gasteiger partial charge on any atom is -0.480 e. The molecule has 0 aliphatic heterocycles. The fraction of sp³-hybridized carbons (Fsp3) is 0.900. The van der Waals surface area contributed by atoms with E-state index in [-0.39, 0.29) is 0 Å². The molecule has 0 bridgehead atoms. The topological polar surface area (TPSA) is 49.8 Å². The average molecular weight is 201 g/mol. The molecule has 1 saturated carbocycles. The summed E-state index contributed by atoms with van der Waals surface area (Å²) in [7, 11) is 3.51. The number of likely N-dealkylation sites (N-methyl/N-ethyl adjacent to an activating group) is 1. The summed E-state index contributed by atoms with van der Waals surface area (Å²) in [6.45, 7) is 1.27. The van der Waals surface area contributed by atoms with Crippen molar-refractivity contribution in [2.45, 2.75) is 31.2 Å². The van der Waals surface area contributed by atoms with Crippen molar-refractivity contribution in [2.24, 2.45) is 0 Å². The Morgan fingerprint density at radius 1 is 1.50 bits per heavy atom. The maximum atomic E-state index is 11.2. The second-order valence-electron chi connectivity index (χ2n) is 3.96. The van der Waals surface area contributed by atoms with Gasteiger partial charge in [-0.25, -0.2) is 0 Å². The summed E-state index contributed by atoms with van der Waals surface area (Å²) in [5.74, 6) is -0.686. The second-order valence-corrected chi connectivity index (χ2v) is 3.96. The van der Waals surface area contributed by atoms with Crippen LogP contribution in [0.1, 0.15) is 25.7 Å². The lowest BCUT2D eigenvalue weighted by Gasteiger charge is -2.34. The number of carbonyl (C=O) groups is 1. The summed E-state index contributed by atoms with van der Waals surface area (Å²) in [6, 6.07) is 0. The Morgan fingerprint density at radius 2 is 2.07 bits per heavy atom. The van der Waals surface area contributed by atoms with Crippen LogP contribution >= 0.6 is 0 Å². The molecule has 82 valence electrons. The third-order valence-corrected chi connectivity index (χ3v) is 3.19. The fourth-order valence-corrected chi connectivity index (χ4v) is 2.16. The Hall–Kier alpha value is -0.610. The molecule has 0 radical (unpaired) electrons. The average Bonchev–Trinajstić information content (AvgIpc) is 2.63. The van der Waals surface area contributed by atoms with E-state index in [0.29, 0.717) is 13.2 Å². The second kappa shape index (κ2) is 4.75. The highest BCUT2D eigenvalue weighted by molar-refractivity contribution is 5.79. The number of rotatable bonds is 5. The SMILES string of the molecule is COCCN(C)C1(C(=O)O)CCCC1. The van der Waals surface area contributed by atoms with Crippen LogP contribution in [0.4, 0.5) is 0 Å². The van der Waals surface area contributed by atoms with E-state index in [1.54, 1.807) is 7.11 Å². The van der Waals surface area contributed by atoms with E-state index in [2.05, 4.69) is 0 Å². The molecule has 0 aromatic carbocycles. The lowest BCUT2D eigenvalue weighted by Crippen LogP contribution is -2.51. The van der Waals surface area contributed by atoms with Crippen molar-refractivity contribution in [1.82, 2.24) is 4.90 Å². The lowest BCUT2D eigenvalue weighted by atomic mass is 9.96. The largest absolute Gasteiger partial charge is 0.480 e. The van der Waals surface area contributed by atoms with Gasteiger partial charge in [-0.2, -0.15) is 0 Å². The van der Waals surface area contributed by atoms with Gasteiger partial charge in [0.25, 0.3) is 0 Å². The van der Waals surface area contributed by atoms with Crippen molar-refractivity contribution in [3.8, 4) is 0 Å². The van der Waals surface area contributed by atoms with Crippen molar-refractivity contribution in [1.29, 1.82) is 0 Å². The maximum absolute atomic E-state index is 11.2. The monoisotopic (exact) mass is 201 g/mol. The zero-order chi connectivity index (χ0) is 10.6. The first-order valence-corrected chi connectivity index (χ1v) is 5.07. The van der Waals surface area contributed by atoms with Crippen LogP contribution in [-0.2, 0) is 9.53 Å². The molecule has 1 aliphatic rings. The molecule has 1 aliphatic carbocycles. The van der Waals surface area contributed by atoms with E-state index in [1.165, 1.54) is 0 Å². The molecule has 4 nitrogen and oxygen atoms in total. The number of carboxylic acids is 1. The van der Waals surface area contributed by atoms with Gasteiger partial charge < -0.3 is 9.84 Å². The first-order chi connectivity index (χ1) is 6.63. The van der Waals surface area contributed by atoms with Gasteiger partial charge in [0.1, 0.15) is 5.54 Å². The zero-order valence-corrected chi connectivity index (χ0v) is 8.95. The minimum atomic E-state index is -0.686. The van der Waals surface area contributed by atoms with Gasteiger partial charge in [-0.05, 0) is 19.9 Å². The number of aliphatic carboxylic acids is 1. The molecule has 0 amide bonds. The molecular weight excluding hydrogens is 182 g/mol. The Morgan fingerprint density at radius 3 is 2.50 bits per heavy atom. The molecule has 1 rings (SSSR count). The van der Waals surface area contributed by atoms with E-state index in [0.717, 1.165) is 25.7 Å². The standard InChI is InChI=1S/C10H19NO3/c1-11(7-8-14-2)10(9(12)13)5-3-4-6-10/h3-8H2,1-2H3,(H,12,13). The van der Waals surface area contributed by atoms with Gasteiger partial charge in [-0.3, -0.25) is 9.69 Å². The van der Waals surface area contributed by atoms with E-state index < -0.39 is 11.5 Å². The van der Waals surface area contributed by atoms with Crippen molar-refractivity contribution in [3.05, 3.63) is 0 Å². The molecule has 4 heteroatoms. The summed E-state index contributed by atoms with van der Waals surface area (Å²) in [5.41, 5.74) is -0.626.